The van der Waals surface area contributed by atoms with Gasteiger partial charge in [-0.2, -0.15) is 0 Å². The van der Waals surface area contributed by atoms with Crippen LogP contribution < -0.4 is 4.74 Å². The van der Waals surface area contributed by atoms with E-state index in [4.69, 9.17) is 4.74 Å². The predicted octanol–water partition coefficient (Wildman–Crippen LogP) is 6.09. The Morgan fingerprint density at radius 3 is 2.25 bits per heavy atom. The lowest BCUT2D eigenvalue weighted by atomic mass is 9.85. The SMILES string of the molecule is COc1cccc(CN2C(=O)C(O)=C(C(=O)CCc3ccccc3)C2c2ccc(C(C)(C)C)cc2)c1. The molecule has 0 aliphatic carbocycles. The number of hydrogen-bond donors (Lipinski definition) is 1. The first-order chi connectivity index (χ1) is 17.2. The van der Waals surface area contributed by atoms with Crippen LogP contribution >= 0.6 is 0 Å². The predicted molar refractivity (Wildman–Crippen MR) is 141 cm³/mol. The lowest BCUT2D eigenvalue weighted by molar-refractivity contribution is -0.130. The van der Waals surface area contributed by atoms with E-state index in [0.717, 1.165) is 22.3 Å². The van der Waals surface area contributed by atoms with Crippen molar-refractivity contribution in [1.29, 1.82) is 0 Å². The third-order valence-corrected chi connectivity index (χ3v) is 6.67. The van der Waals surface area contributed by atoms with Gasteiger partial charge >= 0.3 is 0 Å². The summed E-state index contributed by atoms with van der Waals surface area (Å²) in [4.78, 5) is 28.3. The fraction of sp³-hybridized carbons (Fsp3) is 0.290. The molecule has 36 heavy (non-hydrogen) atoms. The second-order valence-corrected chi connectivity index (χ2v) is 10.2. The van der Waals surface area contributed by atoms with E-state index >= 15 is 0 Å². The van der Waals surface area contributed by atoms with E-state index in [9.17, 15) is 14.7 Å². The number of amides is 1. The molecule has 0 saturated carbocycles. The van der Waals surface area contributed by atoms with Crippen LogP contribution in [0.5, 0.6) is 5.75 Å². The number of ether oxygens (including phenoxy) is 1. The van der Waals surface area contributed by atoms with Gasteiger partial charge in [0.25, 0.3) is 5.91 Å². The van der Waals surface area contributed by atoms with Crippen molar-refractivity contribution in [3.8, 4) is 5.75 Å². The molecule has 0 aromatic heterocycles. The number of rotatable bonds is 8. The molecular weight excluding hydrogens is 450 g/mol. The molecule has 1 heterocycles. The second kappa shape index (κ2) is 10.4. The van der Waals surface area contributed by atoms with Gasteiger partial charge in [0, 0.05) is 13.0 Å². The van der Waals surface area contributed by atoms with Crippen LogP contribution in [0.3, 0.4) is 0 Å². The molecule has 3 aromatic carbocycles. The van der Waals surface area contributed by atoms with E-state index in [0.29, 0.717) is 12.2 Å². The van der Waals surface area contributed by atoms with Crippen LogP contribution in [0.1, 0.15) is 55.5 Å². The van der Waals surface area contributed by atoms with Gasteiger partial charge in [-0.15, -0.1) is 0 Å². The van der Waals surface area contributed by atoms with Crippen LogP contribution in [0.4, 0.5) is 0 Å². The van der Waals surface area contributed by atoms with Crippen molar-refractivity contribution in [2.24, 2.45) is 0 Å². The Labute approximate surface area is 213 Å². The van der Waals surface area contributed by atoms with Crippen molar-refractivity contribution in [2.45, 2.75) is 51.6 Å². The average Bonchev–Trinajstić information content (AvgIpc) is 3.12. The topological polar surface area (TPSA) is 66.8 Å². The Hall–Kier alpha value is -3.86. The van der Waals surface area contributed by atoms with Gasteiger partial charge in [-0.05, 0) is 46.2 Å². The van der Waals surface area contributed by atoms with Crippen LogP contribution in [0.2, 0.25) is 0 Å². The normalized spacial score (nSPS) is 15.9. The largest absolute Gasteiger partial charge is 0.503 e. The molecule has 1 N–H and O–H groups in total. The first-order valence-corrected chi connectivity index (χ1v) is 12.2. The minimum absolute atomic E-state index is 0.0311. The number of aliphatic hydroxyl groups excluding tert-OH is 1. The summed E-state index contributed by atoms with van der Waals surface area (Å²) in [6, 6.07) is 24.5. The summed E-state index contributed by atoms with van der Waals surface area (Å²) in [5, 5.41) is 10.9. The highest BCUT2D eigenvalue weighted by Gasteiger charge is 2.43. The van der Waals surface area contributed by atoms with Gasteiger partial charge in [0.2, 0.25) is 0 Å². The summed E-state index contributed by atoms with van der Waals surface area (Å²) >= 11 is 0. The third-order valence-electron chi connectivity index (χ3n) is 6.67. The number of aryl methyl sites for hydroxylation is 1. The number of benzene rings is 3. The number of aliphatic hydroxyl groups is 1. The Morgan fingerprint density at radius 1 is 0.944 bits per heavy atom. The van der Waals surface area contributed by atoms with Crippen molar-refractivity contribution >= 4 is 11.7 Å². The van der Waals surface area contributed by atoms with Crippen LogP contribution in [-0.4, -0.2) is 28.8 Å². The smallest absolute Gasteiger partial charge is 0.290 e. The molecule has 1 atom stereocenters. The quantitative estimate of drug-likeness (QED) is 0.421. The van der Waals surface area contributed by atoms with Crippen molar-refractivity contribution < 1.29 is 19.4 Å². The van der Waals surface area contributed by atoms with Gasteiger partial charge in [-0.3, -0.25) is 9.59 Å². The van der Waals surface area contributed by atoms with Crippen LogP contribution in [0, 0.1) is 0 Å². The van der Waals surface area contributed by atoms with Gasteiger partial charge in [-0.1, -0.05) is 87.5 Å². The van der Waals surface area contributed by atoms with E-state index in [2.05, 4.69) is 20.8 Å². The minimum atomic E-state index is -0.666. The van der Waals surface area contributed by atoms with E-state index in [1.54, 1.807) is 12.0 Å². The zero-order valence-electron chi connectivity index (χ0n) is 21.3. The van der Waals surface area contributed by atoms with Gasteiger partial charge in [-0.25, -0.2) is 0 Å². The molecular formula is C31H33NO4. The number of methoxy groups -OCH3 is 1. The van der Waals surface area contributed by atoms with E-state index in [1.807, 2.05) is 78.9 Å². The molecule has 1 aliphatic heterocycles. The fourth-order valence-electron chi connectivity index (χ4n) is 4.62. The molecule has 5 nitrogen and oxygen atoms in total. The molecule has 3 aromatic rings. The Morgan fingerprint density at radius 2 is 1.61 bits per heavy atom. The van der Waals surface area contributed by atoms with Crippen LogP contribution in [0.15, 0.2) is 90.2 Å². The molecule has 0 bridgehead atoms. The summed E-state index contributed by atoms with van der Waals surface area (Å²) < 4.78 is 5.34. The number of carbonyl (C=O) groups excluding carboxylic acids is 2. The number of carbonyl (C=O) groups is 2. The van der Waals surface area contributed by atoms with Gasteiger partial charge in [0.05, 0.1) is 18.7 Å². The van der Waals surface area contributed by atoms with Crippen LogP contribution in [-0.2, 0) is 28.0 Å². The van der Waals surface area contributed by atoms with Gasteiger partial charge in [0.1, 0.15) is 5.75 Å². The van der Waals surface area contributed by atoms with Crippen molar-refractivity contribution in [2.75, 3.05) is 7.11 Å². The molecule has 1 unspecified atom stereocenters. The van der Waals surface area contributed by atoms with Gasteiger partial charge in [0.15, 0.2) is 11.5 Å². The molecule has 1 aliphatic rings. The standard InChI is InChI=1S/C31H33NO4/c1-31(2,3)24-16-14-23(15-17-24)28-27(26(33)18-13-21-9-6-5-7-10-21)29(34)30(35)32(28)20-22-11-8-12-25(19-22)36-4/h5-12,14-17,19,28,34H,13,18,20H2,1-4H3. The van der Waals surface area contributed by atoms with Crippen LogP contribution in [0.25, 0.3) is 0 Å². The number of hydrogen-bond acceptors (Lipinski definition) is 4. The maximum Gasteiger partial charge on any atom is 0.290 e. The van der Waals surface area contributed by atoms with Gasteiger partial charge < -0.3 is 14.7 Å². The number of ketones is 1. The first kappa shape index (κ1) is 25.2. The molecule has 5 heteroatoms. The lowest BCUT2D eigenvalue weighted by Crippen LogP contribution is -2.30. The Balaban J connectivity index is 1.69. The number of nitrogens with zero attached hydrogens (tertiary/aromatic N) is 1. The molecule has 4 rings (SSSR count). The summed E-state index contributed by atoms with van der Waals surface area (Å²) in [5.74, 6) is -0.532. The molecule has 0 spiro atoms. The molecule has 1 amide bonds. The maximum atomic E-state index is 13.5. The van der Waals surface area contributed by atoms with E-state index in [-0.39, 0.29) is 29.7 Å². The van der Waals surface area contributed by atoms with Crippen molar-refractivity contribution in [1.82, 2.24) is 4.90 Å². The minimum Gasteiger partial charge on any atom is -0.503 e. The monoisotopic (exact) mass is 483 g/mol. The van der Waals surface area contributed by atoms with E-state index in [1.165, 1.54) is 0 Å². The highest BCUT2D eigenvalue weighted by molar-refractivity contribution is 6.09. The zero-order valence-corrected chi connectivity index (χ0v) is 21.3. The Kier molecular flexibility index (Phi) is 7.30. The summed E-state index contributed by atoms with van der Waals surface area (Å²) in [7, 11) is 1.59. The highest BCUT2D eigenvalue weighted by Crippen LogP contribution is 2.40. The summed E-state index contributed by atoms with van der Waals surface area (Å²) in [6.07, 6.45) is 0.746. The summed E-state index contributed by atoms with van der Waals surface area (Å²) in [6.45, 7) is 6.66. The Bertz CT molecular complexity index is 1270. The average molecular weight is 484 g/mol. The second-order valence-electron chi connectivity index (χ2n) is 10.2. The molecule has 0 radical (unpaired) electrons. The molecule has 186 valence electrons. The first-order valence-electron chi connectivity index (χ1n) is 12.2. The molecule has 0 saturated heterocycles. The number of Topliss-reactive ketones (excluding diaryl/α,β-unsaturated/α-hetero) is 1. The van der Waals surface area contributed by atoms with Crippen molar-refractivity contribution in [3.05, 3.63) is 112 Å². The molecule has 0 fully saturated rings. The fourth-order valence-corrected chi connectivity index (χ4v) is 4.62. The van der Waals surface area contributed by atoms with E-state index < -0.39 is 17.7 Å². The third kappa shape index (κ3) is 5.35. The lowest BCUT2D eigenvalue weighted by Gasteiger charge is -2.28. The van der Waals surface area contributed by atoms with Crippen molar-refractivity contribution in [3.63, 3.8) is 0 Å². The highest BCUT2D eigenvalue weighted by atomic mass is 16.5. The summed E-state index contributed by atoms with van der Waals surface area (Å²) in [5.41, 5.74) is 3.98. The maximum absolute atomic E-state index is 13.5. The zero-order chi connectivity index (χ0) is 25.9.